The van der Waals surface area contributed by atoms with Crippen LogP contribution in [0.25, 0.3) is 0 Å². The van der Waals surface area contributed by atoms with Gasteiger partial charge in [-0.15, -0.1) is 0 Å². The first kappa shape index (κ1) is 15.3. The van der Waals surface area contributed by atoms with Crippen LogP contribution in [0.2, 0.25) is 0 Å². The number of benzene rings is 1. The van der Waals surface area contributed by atoms with Crippen LogP contribution in [0.3, 0.4) is 0 Å². The molecule has 5 nitrogen and oxygen atoms in total. The SMILES string of the molecule is CNc1ccc(S(=O)(=O)N2CCN(C(C)C)CC2)cc1. The van der Waals surface area contributed by atoms with Gasteiger partial charge in [0.05, 0.1) is 4.90 Å². The number of hydrogen-bond acceptors (Lipinski definition) is 4. The normalized spacial score (nSPS) is 18.4. The molecule has 0 amide bonds. The third-order valence-electron chi connectivity index (χ3n) is 3.78. The summed E-state index contributed by atoms with van der Waals surface area (Å²) in [5.74, 6) is 0. The van der Waals surface area contributed by atoms with Crippen LogP contribution in [0.4, 0.5) is 5.69 Å². The molecular formula is C14H23N3O2S. The van der Waals surface area contributed by atoms with Gasteiger partial charge in [-0.3, -0.25) is 4.90 Å². The van der Waals surface area contributed by atoms with E-state index in [0.29, 0.717) is 24.0 Å². The van der Waals surface area contributed by atoms with Crippen molar-refractivity contribution < 1.29 is 8.42 Å². The topological polar surface area (TPSA) is 52.7 Å². The highest BCUT2D eigenvalue weighted by Crippen LogP contribution is 2.20. The van der Waals surface area contributed by atoms with Crippen LogP contribution in [0.15, 0.2) is 29.2 Å². The van der Waals surface area contributed by atoms with E-state index in [1.54, 1.807) is 28.6 Å². The number of nitrogens with zero attached hydrogens (tertiary/aromatic N) is 2. The second-order valence-electron chi connectivity index (χ2n) is 5.31. The third kappa shape index (κ3) is 3.13. The second-order valence-corrected chi connectivity index (χ2v) is 7.25. The molecular weight excluding hydrogens is 274 g/mol. The largest absolute Gasteiger partial charge is 0.388 e. The molecule has 0 aliphatic carbocycles. The van der Waals surface area contributed by atoms with Crippen LogP contribution >= 0.6 is 0 Å². The van der Waals surface area contributed by atoms with Crippen molar-refractivity contribution in [3.63, 3.8) is 0 Å². The van der Waals surface area contributed by atoms with Crippen LogP contribution in [-0.2, 0) is 10.0 Å². The number of hydrogen-bond donors (Lipinski definition) is 1. The Morgan fingerprint density at radius 3 is 2.05 bits per heavy atom. The fourth-order valence-electron chi connectivity index (χ4n) is 2.40. The fraction of sp³-hybridized carbons (Fsp3) is 0.571. The van der Waals surface area contributed by atoms with Crippen molar-refractivity contribution in [2.45, 2.75) is 24.8 Å². The summed E-state index contributed by atoms with van der Waals surface area (Å²) in [6.45, 7) is 7.00. The molecule has 0 aromatic heterocycles. The Kier molecular flexibility index (Phi) is 4.67. The molecule has 1 aromatic rings. The third-order valence-corrected chi connectivity index (χ3v) is 5.70. The van der Waals surface area contributed by atoms with Gasteiger partial charge in [0.1, 0.15) is 0 Å². The zero-order chi connectivity index (χ0) is 14.8. The van der Waals surface area contributed by atoms with Gasteiger partial charge in [-0.25, -0.2) is 8.42 Å². The summed E-state index contributed by atoms with van der Waals surface area (Å²) in [5, 5.41) is 2.99. The van der Waals surface area contributed by atoms with Crippen molar-refractivity contribution in [1.29, 1.82) is 0 Å². The van der Waals surface area contributed by atoms with Crippen molar-refractivity contribution in [3.8, 4) is 0 Å². The molecule has 2 rings (SSSR count). The Morgan fingerprint density at radius 2 is 1.60 bits per heavy atom. The fourth-order valence-corrected chi connectivity index (χ4v) is 3.83. The molecule has 20 heavy (non-hydrogen) atoms. The molecule has 0 spiro atoms. The van der Waals surface area contributed by atoms with Gasteiger partial charge in [0.15, 0.2) is 0 Å². The highest BCUT2D eigenvalue weighted by atomic mass is 32.2. The lowest BCUT2D eigenvalue weighted by molar-refractivity contribution is 0.154. The van der Waals surface area contributed by atoms with Crippen LogP contribution in [-0.4, -0.2) is 56.9 Å². The van der Waals surface area contributed by atoms with E-state index in [9.17, 15) is 8.42 Å². The van der Waals surface area contributed by atoms with Gasteiger partial charge < -0.3 is 5.32 Å². The minimum Gasteiger partial charge on any atom is -0.388 e. The zero-order valence-corrected chi connectivity index (χ0v) is 13.2. The number of piperazine rings is 1. The average molecular weight is 297 g/mol. The predicted molar refractivity (Wildman–Crippen MR) is 81.5 cm³/mol. The Bertz CT molecular complexity index is 532. The van der Waals surface area contributed by atoms with Gasteiger partial charge in [0.25, 0.3) is 0 Å². The summed E-state index contributed by atoms with van der Waals surface area (Å²) in [6.07, 6.45) is 0. The molecule has 1 N–H and O–H groups in total. The van der Waals surface area contributed by atoms with E-state index in [-0.39, 0.29) is 0 Å². The summed E-state index contributed by atoms with van der Waals surface area (Å²) in [5.41, 5.74) is 0.911. The Morgan fingerprint density at radius 1 is 1.05 bits per heavy atom. The van der Waals surface area contributed by atoms with E-state index in [0.717, 1.165) is 18.8 Å². The van der Waals surface area contributed by atoms with Crippen LogP contribution in [0, 0.1) is 0 Å². The quantitative estimate of drug-likeness (QED) is 0.914. The van der Waals surface area contributed by atoms with Crippen molar-refractivity contribution in [2.75, 3.05) is 38.5 Å². The smallest absolute Gasteiger partial charge is 0.243 e. The molecule has 112 valence electrons. The molecule has 1 aromatic carbocycles. The molecule has 0 unspecified atom stereocenters. The minimum absolute atomic E-state index is 0.370. The first-order valence-corrected chi connectivity index (χ1v) is 8.41. The average Bonchev–Trinajstić information content (AvgIpc) is 2.47. The lowest BCUT2D eigenvalue weighted by atomic mass is 10.3. The highest BCUT2D eigenvalue weighted by molar-refractivity contribution is 7.89. The number of sulfonamides is 1. The Labute approximate surface area is 121 Å². The molecule has 1 heterocycles. The van der Waals surface area contributed by atoms with Gasteiger partial charge in [-0.05, 0) is 38.1 Å². The van der Waals surface area contributed by atoms with Crippen LogP contribution < -0.4 is 5.32 Å². The second kappa shape index (κ2) is 6.11. The molecule has 1 aliphatic rings. The van der Waals surface area contributed by atoms with E-state index in [1.807, 2.05) is 7.05 Å². The lowest BCUT2D eigenvalue weighted by Gasteiger charge is -2.36. The monoisotopic (exact) mass is 297 g/mol. The first-order valence-electron chi connectivity index (χ1n) is 6.97. The summed E-state index contributed by atoms with van der Waals surface area (Å²) in [7, 11) is -1.54. The number of anilines is 1. The highest BCUT2D eigenvalue weighted by Gasteiger charge is 2.28. The molecule has 1 saturated heterocycles. The van der Waals surface area contributed by atoms with Gasteiger partial charge in [-0.2, -0.15) is 4.31 Å². The van der Waals surface area contributed by atoms with Crippen molar-refractivity contribution in [3.05, 3.63) is 24.3 Å². The van der Waals surface area contributed by atoms with Gasteiger partial charge in [0, 0.05) is 45.0 Å². The summed E-state index contributed by atoms with van der Waals surface area (Å²) < 4.78 is 26.7. The van der Waals surface area contributed by atoms with E-state index in [2.05, 4.69) is 24.1 Å². The standard InChI is InChI=1S/C14H23N3O2S/c1-12(2)16-8-10-17(11-9-16)20(18,19)14-6-4-13(15-3)5-7-14/h4-7,12,15H,8-11H2,1-3H3. The van der Waals surface area contributed by atoms with E-state index >= 15 is 0 Å². The summed E-state index contributed by atoms with van der Waals surface area (Å²) in [4.78, 5) is 2.67. The van der Waals surface area contributed by atoms with Gasteiger partial charge >= 0.3 is 0 Å². The number of nitrogens with one attached hydrogen (secondary N) is 1. The van der Waals surface area contributed by atoms with Crippen LogP contribution in [0.1, 0.15) is 13.8 Å². The maximum absolute atomic E-state index is 12.6. The summed E-state index contributed by atoms with van der Waals surface area (Å²) in [6, 6.07) is 7.37. The first-order chi connectivity index (χ1) is 9.45. The van der Waals surface area contributed by atoms with E-state index < -0.39 is 10.0 Å². The number of rotatable bonds is 4. The molecule has 1 aliphatic heterocycles. The summed E-state index contributed by atoms with van der Waals surface area (Å²) >= 11 is 0. The van der Waals surface area contributed by atoms with Crippen LogP contribution in [0.5, 0.6) is 0 Å². The molecule has 6 heteroatoms. The zero-order valence-electron chi connectivity index (χ0n) is 12.3. The predicted octanol–water partition coefficient (Wildman–Crippen LogP) is 1.44. The van der Waals surface area contributed by atoms with E-state index in [4.69, 9.17) is 0 Å². The Hall–Kier alpha value is -1.11. The maximum Gasteiger partial charge on any atom is 0.243 e. The van der Waals surface area contributed by atoms with Gasteiger partial charge in [-0.1, -0.05) is 0 Å². The molecule has 0 radical (unpaired) electrons. The van der Waals surface area contributed by atoms with Gasteiger partial charge in [0.2, 0.25) is 10.0 Å². The molecule has 0 saturated carbocycles. The van der Waals surface area contributed by atoms with E-state index in [1.165, 1.54) is 0 Å². The van der Waals surface area contributed by atoms with Crippen molar-refractivity contribution in [2.24, 2.45) is 0 Å². The molecule has 0 atom stereocenters. The minimum atomic E-state index is -3.36. The maximum atomic E-state index is 12.6. The van der Waals surface area contributed by atoms with Crippen molar-refractivity contribution in [1.82, 2.24) is 9.21 Å². The van der Waals surface area contributed by atoms with Crippen molar-refractivity contribution >= 4 is 15.7 Å². The molecule has 1 fully saturated rings. The molecule has 0 bridgehead atoms. The Balaban J connectivity index is 2.11. The lowest BCUT2D eigenvalue weighted by Crippen LogP contribution is -2.50.